The maximum absolute atomic E-state index is 15.8. The quantitative estimate of drug-likeness (QED) is 0.0193. The fraction of sp³-hybridized carbons (Fsp3) is 0.484. The Bertz CT molecular complexity index is 5390. The molecule has 2 aliphatic heterocycles. The van der Waals surface area contributed by atoms with Crippen molar-refractivity contribution in [2.75, 3.05) is 72.0 Å². The highest BCUT2D eigenvalue weighted by atomic mass is 32.2. The molecule has 41 nitrogen and oxygen atoms in total. The summed E-state index contributed by atoms with van der Waals surface area (Å²) in [6.45, 7) is 5.84. The molecule has 3 aromatic heterocycles. The summed E-state index contributed by atoms with van der Waals surface area (Å²) in [7, 11) is 3.95. The van der Waals surface area contributed by atoms with Crippen molar-refractivity contribution in [1.82, 2.24) is 98.0 Å². The van der Waals surface area contributed by atoms with Crippen LogP contribution in [0.25, 0.3) is 21.8 Å². The molecule has 2 aliphatic rings. The normalized spacial score (nSPS) is 23.3. The number of nitrogens with zero attached hydrogens (tertiary/aromatic N) is 5. The average Bonchev–Trinajstić information content (AvgIpc) is 1.36. The van der Waals surface area contributed by atoms with Crippen molar-refractivity contribution in [3.05, 3.63) is 162 Å². The van der Waals surface area contributed by atoms with Gasteiger partial charge in [0.2, 0.25) is 82.7 Å². The Kier molecular flexibility index (Phi) is 40.7. The second-order valence-corrected chi connectivity index (χ2v) is 36.3. The molecule has 0 aliphatic carbocycles. The molecule has 9 rings (SSSR count). The van der Waals surface area contributed by atoms with E-state index in [-0.39, 0.29) is 89.8 Å². The lowest BCUT2D eigenvalue weighted by molar-refractivity contribution is -0.144. The van der Waals surface area contributed by atoms with Gasteiger partial charge in [-0.1, -0.05) is 131 Å². The lowest BCUT2D eigenvalue weighted by atomic mass is 9.91. The van der Waals surface area contributed by atoms with Gasteiger partial charge in [-0.3, -0.25) is 87.5 Å². The van der Waals surface area contributed by atoms with Gasteiger partial charge in [0.25, 0.3) is 0 Å². The number of H-pyrrole nitrogens is 3. The van der Waals surface area contributed by atoms with Crippen LogP contribution in [0, 0.1) is 28.6 Å². The molecule has 0 bridgehead atoms. The van der Waals surface area contributed by atoms with Gasteiger partial charge in [0.05, 0.1) is 50.2 Å². The smallest absolute Gasteiger partial charge is 0.246 e. The number of guanidine groups is 1. The molecule has 42 heteroatoms. The Morgan fingerprint density at radius 1 is 0.591 bits per heavy atom. The molecule has 2 fully saturated rings. The number of benzene rings is 4. The molecule has 137 heavy (non-hydrogen) atoms. The zero-order valence-electron chi connectivity index (χ0n) is 78.4. The maximum Gasteiger partial charge on any atom is 0.246 e. The predicted octanol–water partition coefficient (Wildman–Crippen LogP) is 0.912. The number of unbranched alkanes of at least 4 members (excludes halogenated alkanes) is 1. The number of ketones is 2. The molecule has 0 radical (unpaired) electrons. The van der Waals surface area contributed by atoms with Crippen LogP contribution in [0.1, 0.15) is 139 Å². The Balaban J connectivity index is 1.10. The third-order valence-electron chi connectivity index (χ3n) is 24.3. The summed E-state index contributed by atoms with van der Waals surface area (Å²) < 4.78 is 0. The summed E-state index contributed by atoms with van der Waals surface area (Å²) in [6, 6.07) is 14.7. The van der Waals surface area contributed by atoms with Crippen LogP contribution in [0.5, 0.6) is 0 Å². The molecule has 14 atom stereocenters. The van der Waals surface area contributed by atoms with E-state index < -0.39 is 241 Å². The van der Waals surface area contributed by atoms with Crippen molar-refractivity contribution in [3.63, 3.8) is 0 Å². The van der Waals surface area contributed by atoms with Crippen molar-refractivity contribution in [1.29, 1.82) is 10.8 Å². The minimum absolute atomic E-state index is 0.00534. The third-order valence-corrected chi connectivity index (χ3v) is 25.4. The van der Waals surface area contributed by atoms with Crippen LogP contribution >= 0.6 is 11.8 Å². The summed E-state index contributed by atoms with van der Waals surface area (Å²) in [5.74, 6) is -19.3. The number of aliphatic hydroxyl groups is 2. The number of fused-ring (bicyclic) bond motifs is 3. The SMILES string of the molecule is CCCC[C@H]1C(=O)N[C@@H](CCCNC(=N)N)C(=O)N[C@H](C(=O)NCC(N)=O)CSCC(=O)N[C@@H](Cc2ccccc2)C(=O)N(C)[C@@H](C)C(=O)N[C@@H](CC(=N)O)C(=O)N2CCC[C@H]2C(=O)N[C@@H](Cc2cnc[nH]2)C(=O)N[C@@H](CC(C)C)C(=O)N(C)CC(=O)C[C@@H](Cc2c[nH]c3ccccc23)C(=O)N[C@@H](CO)C(=O)N[C@@H](Cc2c[nH]c3ccccc23)C(=O)C[C@@H](CNC(C)c2ccccc2)C(=O)N1C. The standard InChI is InChI=1S/C95H129N23O18S/c1-9-10-32-77-89(131)108-69(31-21-34-101-95(98)99)86(128)114-76(85(127)105-48-81(97)123)51-137-52-82(124)107-73(37-57-23-13-11-14-24-57)93(135)116(7)56(5)83(125)111-74(43-80(96)122)94(136)118-35-22-33-78(118)90(132)110-71(42-63-47-100-53-106-63)87(129)112-72(36-54(2)3)92(134)115(6)49-64(120)39-59(38-60-44-103-67-29-19-17-27-65(60)67)84(126)113-75(50-119)88(130)109-70(40-61-45-104-68-30-20-18-28-66(61)68)79(121)41-62(91(133)117(77)8)46-102-55(4)58-25-15-12-16-26-58/h11-20,23-30,44-45,47,53-56,59,62,69-78,102-104,119H,9-10,21-22,31-43,46,48-52H2,1-8H3,(H2,96,122)(H2,97,123)(H,100,106)(H,105,127)(H,107,124)(H,108,131)(H,109,130)(H,110,132)(H,111,125)(H,112,129)(H,113,126)(H,114,128)(H4,98,99,101)/t55?,56-,59+,62-,69-,70-,71-,72-,73-,74-,75-,76-,77-,78-/m0/s1. The van der Waals surface area contributed by atoms with Gasteiger partial charge in [-0.2, -0.15) is 0 Å². The number of aliphatic hydroxyl groups excluding tert-OH is 2. The minimum Gasteiger partial charge on any atom is -0.497 e. The number of aromatic nitrogens is 4. The van der Waals surface area contributed by atoms with E-state index in [1.165, 1.54) is 45.5 Å². The van der Waals surface area contributed by atoms with Crippen LogP contribution in [0.3, 0.4) is 0 Å². The predicted molar refractivity (Wildman–Crippen MR) is 512 cm³/mol. The molecule has 14 amide bonds. The fourth-order valence-electron chi connectivity index (χ4n) is 16.7. The Morgan fingerprint density at radius 3 is 1.82 bits per heavy atom. The summed E-state index contributed by atoms with van der Waals surface area (Å²) in [5.41, 5.74) is 15.3. The molecule has 5 heterocycles. The Hall–Kier alpha value is -13.9. The average molecular weight is 1910 g/mol. The van der Waals surface area contributed by atoms with E-state index in [0.717, 1.165) is 32.0 Å². The number of thioether (sulfide) groups is 1. The first-order chi connectivity index (χ1) is 65.4. The monoisotopic (exact) mass is 1910 g/mol. The first-order valence-corrected chi connectivity index (χ1v) is 47.1. The van der Waals surface area contributed by atoms with Gasteiger partial charge >= 0.3 is 0 Å². The second-order valence-electron chi connectivity index (χ2n) is 35.3. The van der Waals surface area contributed by atoms with Crippen LogP contribution in [0.2, 0.25) is 0 Å². The number of imidazole rings is 1. The molecule has 4 aromatic carbocycles. The van der Waals surface area contributed by atoms with Gasteiger partial charge in [-0.15, -0.1) is 11.8 Å². The third kappa shape index (κ3) is 31.6. The number of nitrogens with one attached hydrogen (secondary N) is 16. The van der Waals surface area contributed by atoms with Gasteiger partial charge in [0.15, 0.2) is 23.4 Å². The van der Waals surface area contributed by atoms with Gasteiger partial charge < -0.3 is 115 Å². The summed E-state index contributed by atoms with van der Waals surface area (Å²) in [5, 5.41) is 69.1. The highest BCUT2D eigenvalue weighted by Gasteiger charge is 2.44. The largest absolute Gasteiger partial charge is 0.497 e. The highest BCUT2D eigenvalue weighted by molar-refractivity contribution is 8.00. The highest BCUT2D eigenvalue weighted by Crippen LogP contribution is 2.28. The molecule has 738 valence electrons. The molecule has 1 unspecified atom stereocenters. The first-order valence-electron chi connectivity index (χ1n) is 46.0. The minimum atomic E-state index is -1.82. The number of nitrogens with two attached hydrogens (primary N) is 2. The summed E-state index contributed by atoms with van der Waals surface area (Å²) in [4.78, 5) is 255. The number of rotatable bonds is 27. The molecule has 0 spiro atoms. The second kappa shape index (κ2) is 52.3. The van der Waals surface area contributed by atoms with E-state index >= 15 is 28.8 Å². The summed E-state index contributed by atoms with van der Waals surface area (Å²) >= 11 is 0.795. The van der Waals surface area contributed by atoms with Gasteiger partial charge in [0, 0.05) is 137 Å². The van der Waals surface area contributed by atoms with Crippen molar-refractivity contribution in [2.45, 2.75) is 203 Å². The zero-order valence-corrected chi connectivity index (χ0v) is 79.2. The zero-order chi connectivity index (χ0) is 99.7. The van der Waals surface area contributed by atoms with Gasteiger partial charge in [-0.25, -0.2) is 4.98 Å². The fourth-order valence-corrected chi connectivity index (χ4v) is 17.5. The van der Waals surface area contributed by atoms with E-state index in [1.807, 2.05) is 44.2 Å². The maximum atomic E-state index is 15.8. The lowest BCUT2D eigenvalue weighted by Gasteiger charge is -2.33. The van der Waals surface area contributed by atoms with Crippen LogP contribution in [0.4, 0.5) is 0 Å². The molecule has 7 aromatic rings. The van der Waals surface area contributed by atoms with E-state index in [9.17, 15) is 58.2 Å². The Morgan fingerprint density at radius 2 is 1.20 bits per heavy atom. The first kappa shape index (κ1) is 107. The molecular formula is C95H129N23O18S. The molecule has 0 saturated carbocycles. The summed E-state index contributed by atoms with van der Waals surface area (Å²) in [6.07, 6.45) is 4.13. The molecule has 2 saturated heterocycles. The van der Waals surface area contributed by atoms with Crippen molar-refractivity contribution in [2.24, 2.45) is 29.2 Å². The lowest BCUT2D eigenvalue weighted by Crippen LogP contribution is -2.60. The van der Waals surface area contributed by atoms with Crippen molar-refractivity contribution < 1.29 is 86.9 Å². The number of carbonyl (C=O) groups excluding carboxylic acids is 16. The van der Waals surface area contributed by atoms with Crippen LogP contribution in [0.15, 0.2) is 134 Å². The van der Waals surface area contributed by atoms with Crippen LogP contribution in [-0.2, 0) is 102 Å². The Labute approximate surface area is 798 Å². The van der Waals surface area contributed by atoms with E-state index in [0.29, 0.717) is 57.0 Å². The van der Waals surface area contributed by atoms with Crippen molar-refractivity contribution in [3.8, 4) is 0 Å². The number of hydrogen-bond donors (Lipinski definition) is 20. The molecular weight excluding hydrogens is 1780 g/mol. The number of likely N-dealkylation sites (N-methyl/N-ethyl adjacent to an activating group) is 3. The van der Waals surface area contributed by atoms with Crippen LogP contribution in [-0.4, -0.2) is 294 Å². The number of Topliss-reactive ketones (excluding diaryl/α,β-unsaturated/α-hetero) is 2. The number of para-hydroxylation sites is 2. The number of carbonyl (C=O) groups is 16. The molecule has 22 N–H and O–H groups in total. The van der Waals surface area contributed by atoms with E-state index in [4.69, 9.17) is 22.3 Å². The van der Waals surface area contributed by atoms with Gasteiger partial charge in [0.1, 0.15) is 60.4 Å². The van der Waals surface area contributed by atoms with E-state index in [1.54, 1.807) is 105 Å². The van der Waals surface area contributed by atoms with Crippen molar-refractivity contribution >= 4 is 140 Å². The number of amides is 14. The van der Waals surface area contributed by atoms with Gasteiger partial charge in [-0.05, 0) is 99.1 Å². The van der Waals surface area contributed by atoms with E-state index in [2.05, 4.69) is 78.4 Å². The van der Waals surface area contributed by atoms with Crippen LogP contribution < -0.4 is 70.0 Å². The topological polar surface area (TPSA) is 619 Å². The number of hydrogen-bond acceptors (Lipinski definition) is 22. The number of aromatic amines is 3. The number of primary amides is 1.